The molecule has 4 nitrogen and oxygen atoms in total. The van der Waals surface area contributed by atoms with Crippen LogP contribution in [0.15, 0.2) is 24.3 Å². The maximum atomic E-state index is 12.7. The highest BCUT2D eigenvalue weighted by atomic mass is 35.5. The van der Waals surface area contributed by atoms with E-state index in [1.54, 1.807) is 0 Å². The summed E-state index contributed by atoms with van der Waals surface area (Å²) in [6, 6.07) is 7.67. The quantitative estimate of drug-likeness (QED) is 0.784. The fraction of sp³-hybridized carbons (Fsp3) is 0.619. The monoisotopic (exact) mass is 376 g/mol. The highest BCUT2D eigenvalue weighted by Crippen LogP contribution is 2.32. The summed E-state index contributed by atoms with van der Waals surface area (Å²) in [5.74, 6) is 1.13. The molecule has 2 amide bonds. The Morgan fingerprint density at radius 1 is 1.12 bits per heavy atom. The number of piperazine rings is 1. The van der Waals surface area contributed by atoms with Gasteiger partial charge < -0.3 is 9.80 Å². The summed E-state index contributed by atoms with van der Waals surface area (Å²) in [6.07, 6.45) is 6.10. The van der Waals surface area contributed by atoms with Crippen LogP contribution in [0.2, 0.25) is 5.02 Å². The number of amides is 2. The molecule has 0 spiro atoms. The molecule has 142 valence electrons. The Kier molecular flexibility index (Phi) is 6.58. The van der Waals surface area contributed by atoms with Crippen molar-refractivity contribution in [3.63, 3.8) is 0 Å². The Bertz CT molecular complexity index is 635. The van der Waals surface area contributed by atoms with Gasteiger partial charge in [-0.25, -0.2) is 0 Å². The van der Waals surface area contributed by atoms with Gasteiger partial charge in [0.05, 0.1) is 0 Å². The molecule has 1 heterocycles. The van der Waals surface area contributed by atoms with Gasteiger partial charge in [0.2, 0.25) is 11.8 Å². The fourth-order valence-corrected chi connectivity index (χ4v) is 4.44. The zero-order chi connectivity index (χ0) is 18.5. The van der Waals surface area contributed by atoms with Crippen molar-refractivity contribution in [1.29, 1.82) is 0 Å². The second kappa shape index (κ2) is 8.90. The van der Waals surface area contributed by atoms with E-state index in [0.29, 0.717) is 50.0 Å². The van der Waals surface area contributed by atoms with Gasteiger partial charge in [-0.3, -0.25) is 9.59 Å². The van der Waals surface area contributed by atoms with Gasteiger partial charge in [0, 0.05) is 43.5 Å². The van der Waals surface area contributed by atoms with E-state index in [1.165, 1.54) is 25.7 Å². The van der Waals surface area contributed by atoms with Crippen molar-refractivity contribution >= 4 is 23.4 Å². The minimum atomic E-state index is 0.127. The summed E-state index contributed by atoms with van der Waals surface area (Å²) in [5, 5.41) is 0.707. The molecule has 1 unspecified atom stereocenters. The average molecular weight is 377 g/mol. The second-order valence-electron chi connectivity index (χ2n) is 7.67. The van der Waals surface area contributed by atoms with Crippen LogP contribution in [-0.2, 0) is 16.0 Å². The van der Waals surface area contributed by atoms with E-state index in [9.17, 15) is 9.59 Å². The lowest BCUT2D eigenvalue weighted by Gasteiger charge is -2.37. The van der Waals surface area contributed by atoms with Crippen LogP contribution in [0.1, 0.15) is 44.6 Å². The number of nitrogens with zero attached hydrogens (tertiary/aromatic N) is 2. The Morgan fingerprint density at radius 3 is 2.42 bits per heavy atom. The molecule has 0 N–H and O–H groups in total. The number of carbonyl (C=O) groups excluding carboxylic acids is 2. The van der Waals surface area contributed by atoms with E-state index in [4.69, 9.17) is 11.6 Å². The Morgan fingerprint density at radius 2 is 1.77 bits per heavy atom. The van der Waals surface area contributed by atoms with Gasteiger partial charge in [0.15, 0.2) is 0 Å². The summed E-state index contributed by atoms with van der Waals surface area (Å²) < 4.78 is 0. The number of aryl methyl sites for hydroxylation is 1. The molecular formula is C21H29ClN2O2. The summed E-state index contributed by atoms with van der Waals surface area (Å²) in [7, 11) is 0. The third-order valence-corrected chi connectivity index (χ3v) is 6.19. The van der Waals surface area contributed by atoms with E-state index in [2.05, 4.69) is 6.92 Å². The third kappa shape index (κ3) is 4.79. The first-order chi connectivity index (χ1) is 12.5. The highest BCUT2D eigenvalue weighted by molar-refractivity contribution is 6.30. The van der Waals surface area contributed by atoms with E-state index in [0.717, 1.165) is 5.56 Å². The summed E-state index contributed by atoms with van der Waals surface area (Å²) in [6.45, 7) is 4.72. The number of hydrogen-bond donors (Lipinski definition) is 0. The lowest BCUT2D eigenvalue weighted by Crippen LogP contribution is -2.52. The van der Waals surface area contributed by atoms with Gasteiger partial charge in [0.25, 0.3) is 0 Å². The molecule has 2 fully saturated rings. The van der Waals surface area contributed by atoms with Gasteiger partial charge in [-0.05, 0) is 42.9 Å². The van der Waals surface area contributed by atoms with Crippen LogP contribution in [0.4, 0.5) is 0 Å². The van der Waals surface area contributed by atoms with Crippen LogP contribution in [0.3, 0.4) is 0 Å². The summed E-state index contributed by atoms with van der Waals surface area (Å²) >= 11 is 5.99. The van der Waals surface area contributed by atoms with Gasteiger partial charge >= 0.3 is 0 Å². The first-order valence-electron chi connectivity index (χ1n) is 9.85. The van der Waals surface area contributed by atoms with Crippen molar-refractivity contribution in [2.75, 3.05) is 26.2 Å². The van der Waals surface area contributed by atoms with E-state index in [1.807, 2.05) is 34.1 Å². The van der Waals surface area contributed by atoms with Crippen LogP contribution >= 0.6 is 11.6 Å². The largest absolute Gasteiger partial charge is 0.339 e. The predicted molar refractivity (Wildman–Crippen MR) is 104 cm³/mol. The van der Waals surface area contributed by atoms with Gasteiger partial charge in [-0.1, -0.05) is 43.5 Å². The van der Waals surface area contributed by atoms with Gasteiger partial charge in [0.1, 0.15) is 0 Å². The molecule has 1 saturated carbocycles. The van der Waals surface area contributed by atoms with E-state index in [-0.39, 0.29) is 17.7 Å². The summed E-state index contributed by atoms with van der Waals surface area (Å²) in [4.78, 5) is 29.0. The fourth-order valence-electron chi connectivity index (χ4n) is 4.23. The number of benzene rings is 1. The van der Waals surface area contributed by atoms with E-state index < -0.39 is 0 Å². The molecule has 5 heteroatoms. The zero-order valence-electron chi connectivity index (χ0n) is 15.6. The smallest absolute Gasteiger partial charge is 0.225 e. The standard InChI is InChI=1S/C21H29ClN2O2/c1-16(18-6-2-3-7-18)21(26)24-13-11-23(12-14-24)20(25)10-9-17-5-4-8-19(22)15-17/h4-5,8,15-16,18H,2-3,6-7,9-14H2,1H3. The molecule has 3 rings (SSSR count). The molecule has 1 aliphatic carbocycles. The molecule has 1 atom stereocenters. The Balaban J connectivity index is 1.44. The Hall–Kier alpha value is -1.55. The van der Waals surface area contributed by atoms with Crippen molar-refractivity contribution in [1.82, 2.24) is 9.80 Å². The number of rotatable bonds is 5. The molecule has 1 saturated heterocycles. The maximum absolute atomic E-state index is 12.7. The van der Waals surface area contributed by atoms with Crippen LogP contribution < -0.4 is 0 Å². The van der Waals surface area contributed by atoms with Crippen molar-refractivity contribution in [3.05, 3.63) is 34.9 Å². The third-order valence-electron chi connectivity index (χ3n) is 5.96. The molecule has 1 aliphatic heterocycles. The van der Waals surface area contributed by atoms with Crippen LogP contribution in [-0.4, -0.2) is 47.8 Å². The van der Waals surface area contributed by atoms with Crippen molar-refractivity contribution in [2.45, 2.75) is 45.4 Å². The van der Waals surface area contributed by atoms with Crippen LogP contribution in [0.5, 0.6) is 0 Å². The normalized spacial score (nSPS) is 19.6. The predicted octanol–water partition coefficient (Wildman–Crippen LogP) is 3.77. The van der Waals surface area contributed by atoms with E-state index >= 15 is 0 Å². The van der Waals surface area contributed by atoms with Crippen molar-refractivity contribution in [3.8, 4) is 0 Å². The highest BCUT2D eigenvalue weighted by Gasteiger charge is 2.32. The lowest BCUT2D eigenvalue weighted by molar-refractivity contribution is -0.142. The SMILES string of the molecule is CC(C(=O)N1CCN(C(=O)CCc2cccc(Cl)c2)CC1)C1CCCC1. The van der Waals surface area contributed by atoms with Gasteiger partial charge in [-0.2, -0.15) is 0 Å². The number of hydrogen-bond acceptors (Lipinski definition) is 2. The molecule has 1 aromatic rings. The molecule has 0 aromatic heterocycles. The second-order valence-corrected chi connectivity index (χ2v) is 8.11. The molecular weight excluding hydrogens is 348 g/mol. The number of halogens is 1. The maximum Gasteiger partial charge on any atom is 0.225 e. The van der Waals surface area contributed by atoms with Crippen molar-refractivity contribution < 1.29 is 9.59 Å². The van der Waals surface area contributed by atoms with Gasteiger partial charge in [-0.15, -0.1) is 0 Å². The number of carbonyl (C=O) groups is 2. The minimum Gasteiger partial charge on any atom is -0.339 e. The molecule has 1 aromatic carbocycles. The molecule has 26 heavy (non-hydrogen) atoms. The zero-order valence-corrected chi connectivity index (χ0v) is 16.4. The molecule has 0 bridgehead atoms. The molecule has 2 aliphatic rings. The summed E-state index contributed by atoms with van der Waals surface area (Å²) in [5.41, 5.74) is 1.09. The first kappa shape index (κ1) is 19.2. The Labute approximate surface area is 161 Å². The first-order valence-corrected chi connectivity index (χ1v) is 10.2. The lowest BCUT2D eigenvalue weighted by atomic mass is 9.91. The molecule has 0 radical (unpaired) electrons. The van der Waals surface area contributed by atoms with Crippen LogP contribution in [0, 0.1) is 11.8 Å². The topological polar surface area (TPSA) is 40.6 Å². The van der Waals surface area contributed by atoms with Crippen LogP contribution in [0.25, 0.3) is 0 Å². The minimum absolute atomic E-state index is 0.127. The average Bonchev–Trinajstić information content (AvgIpc) is 3.20. The van der Waals surface area contributed by atoms with Crippen molar-refractivity contribution in [2.24, 2.45) is 11.8 Å².